The smallest absolute Gasteiger partial charge is 0.303 e. The van der Waals surface area contributed by atoms with Crippen LogP contribution in [0.3, 0.4) is 0 Å². The highest BCUT2D eigenvalue weighted by atomic mass is 16.7. The third-order valence-electron chi connectivity index (χ3n) is 10.2. The van der Waals surface area contributed by atoms with Gasteiger partial charge in [-0.05, 0) is 73.7 Å². The maximum absolute atomic E-state index is 12.1. The topological polar surface area (TPSA) is 76.0 Å². The molecule has 7 atom stereocenters. The van der Waals surface area contributed by atoms with E-state index in [4.69, 9.17) is 9.47 Å². The van der Waals surface area contributed by atoms with Gasteiger partial charge >= 0.3 is 5.97 Å². The highest BCUT2D eigenvalue weighted by Gasteiger charge is 2.64. The Labute approximate surface area is 197 Å². The summed E-state index contributed by atoms with van der Waals surface area (Å²) < 4.78 is 12.0. The first-order chi connectivity index (χ1) is 15.6. The first-order valence-corrected chi connectivity index (χ1v) is 12.9. The second-order valence-electron chi connectivity index (χ2n) is 11.6. The molecule has 4 fully saturated rings. The number of carbonyl (C=O) groups is 1. The summed E-state index contributed by atoms with van der Waals surface area (Å²) >= 11 is 0. The molecule has 0 unspecified atom stereocenters. The molecule has 1 saturated heterocycles. The van der Waals surface area contributed by atoms with Crippen molar-refractivity contribution in [2.45, 2.75) is 83.0 Å². The summed E-state index contributed by atoms with van der Waals surface area (Å²) in [6.45, 7) is 14.5. The fourth-order valence-corrected chi connectivity index (χ4v) is 8.62. The molecule has 1 spiro atoms. The summed E-state index contributed by atoms with van der Waals surface area (Å²) in [6, 6.07) is 0. The second-order valence-corrected chi connectivity index (χ2v) is 11.6. The molecular formula is C28H40O5. The maximum Gasteiger partial charge on any atom is 0.303 e. The Balaban J connectivity index is 1.42. The number of hydrogen-bond donors (Lipinski definition) is 2. The molecule has 1 aliphatic heterocycles. The molecule has 33 heavy (non-hydrogen) atoms. The molecule has 5 aliphatic rings. The average Bonchev–Trinajstić information content (AvgIpc) is 3.33. The van der Waals surface area contributed by atoms with E-state index in [1.54, 1.807) is 0 Å². The number of aliphatic hydroxyl groups is 1. The zero-order chi connectivity index (χ0) is 23.6. The number of aliphatic carboxylic acids is 1. The van der Waals surface area contributed by atoms with Gasteiger partial charge in [-0.2, -0.15) is 0 Å². The van der Waals surface area contributed by atoms with Crippen molar-refractivity contribution >= 4 is 5.97 Å². The molecule has 0 amide bonds. The van der Waals surface area contributed by atoms with Crippen molar-refractivity contribution < 1.29 is 24.5 Å². The van der Waals surface area contributed by atoms with E-state index in [0.29, 0.717) is 49.7 Å². The largest absolute Gasteiger partial charge is 0.481 e. The van der Waals surface area contributed by atoms with Crippen LogP contribution in [0.4, 0.5) is 0 Å². The normalized spacial score (nSPS) is 42.3. The van der Waals surface area contributed by atoms with Crippen LogP contribution < -0.4 is 0 Å². The Hall–Kier alpha value is -1.43. The molecular weight excluding hydrogens is 416 g/mol. The minimum atomic E-state index is -1.03. The molecule has 0 aromatic heterocycles. The van der Waals surface area contributed by atoms with Crippen molar-refractivity contribution in [2.24, 2.45) is 35.0 Å². The van der Waals surface area contributed by atoms with Crippen LogP contribution in [0.1, 0.15) is 71.6 Å². The van der Waals surface area contributed by atoms with Crippen molar-refractivity contribution in [1.29, 1.82) is 0 Å². The summed E-state index contributed by atoms with van der Waals surface area (Å²) in [4.78, 5) is 11.5. The number of allylic oxidation sites excluding steroid dienone is 2. The lowest BCUT2D eigenvalue weighted by molar-refractivity contribution is -0.175. The Morgan fingerprint density at radius 3 is 2.64 bits per heavy atom. The Bertz CT molecular complexity index is 883. The minimum absolute atomic E-state index is 0.0332. The van der Waals surface area contributed by atoms with Crippen LogP contribution in [0.2, 0.25) is 0 Å². The zero-order valence-corrected chi connectivity index (χ0v) is 20.3. The highest BCUT2D eigenvalue weighted by Crippen LogP contribution is 2.67. The lowest BCUT2D eigenvalue weighted by Crippen LogP contribution is -2.55. The van der Waals surface area contributed by atoms with E-state index in [1.807, 2.05) is 6.92 Å². The Morgan fingerprint density at radius 2 is 1.97 bits per heavy atom. The van der Waals surface area contributed by atoms with E-state index in [1.165, 1.54) is 11.1 Å². The third kappa shape index (κ3) is 3.41. The fraction of sp³-hybridized carbons (Fsp3) is 0.750. The van der Waals surface area contributed by atoms with Crippen molar-refractivity contribution in [3.8, 4) is 0 Å². The van der Waals surface area contributed by atoms with Crippen molar-refractivity contribution in [1.82, 2.24) is 0 Å². The molecule has 182 valence electrons. The molecule has 5 nitrogen and oxygen atoms in total. The van der Waals surface area contributed by atoms with Crippen LogP contribution in [-0.2, 0) is 14.3 Å². The van der Waals surface area contributed by atoms with Crippen LogP contribution in [0.15, 0.2) is 36.0 Å². The quantitative estimate of drug-likeness (QED) is 0.552. The number of fused-ring (bicyclic) bond motifs is 5. The van der Waals surface area contributed by atoms with Crippen LogP contribution in [0, 0.1) is 35.0 Å². The fourth-order valence-electron chi connectivity index (χ4n) is 8.62. The van der Waals surface area contributed by atoms with Gasteiger partial charge in [-0.25, -0.2) is 0 Å². The molecule has 0 bridgehead atoms. The molecule has 3 saturated carbocycles. The molecule has 4 aliphatic carbocycles. The highest BCUT2D eigenvalue weighted by molar-refractivity contribution is 5.67. The molecule has 5 rings (SSSR count). The van der Waals surface area contributed by atoms with Gasteiger partial charge in [0.15, 0.2) is 5.79 Å². The number of ether oxygens (including phenoxy) is 2. The van der Waals surface area contributed by atoms with E-state index in [-0.39, 0.29) is 17.8 Å². The lowest BCUT2D eigenvalue weighted by atomic mass is 9.49. The summed E-state index contributed by atoms with van der Waals surface area (Å²) in [5.41, 5.74) is 2.10. The molecule has 0 aromatic rings. The van der Waals surface area contributed by atoms with Gasteiger partial charge in [0.05, 0.1) is 25.2 Å². The van der Waals surface area contributed by atoms with Crippen LogP contribution in [-0.4, -0.2) is 40.8 Å². The molecule has 2 N–H and O–H groups in total. The maximum atomic E-state index is 12.1. The van der Waals surface area contributed by atoms with Crippen molar-refractivity contribution in [3.63, 3.8) is 0 Å². The zero-order valence-electron chi connectivity index (χ0n) is 20.3. The van der Waals surface area contributed by atoms with E-state index in [0.717, 1.165) is 44.1 Å². The van der Waals surface area contributed by atoms with E-state index in [9.17, 15) is 15.0 Å². The van der Waals surface area contributed by atoms with Crippen molar-refractivity contribution in [2.75, 3.05) is 13.2 Å². The van der Waals surface area contributed by atoms with E-state index >= 15 is 0 Å². The first-order valence-electron chi connectivity index (χ1n) is 12.9. The third-order valence-corrected chi connectivity index (χ3v) is 10.2. The predicted molar refractivity (Wildman–Crippen MR) is 126 cm³/mol. The molecule has 0 radical (unpaired) electrons. The summed E-state index contributed by atoms with van der Waals surface area (Å²) in [5.74, 6) is 0.410. The standard InChI is InChI=1S/C28H40O5/c1-5-19(14-24(29)30)18(3)28(31)11-9-23-22-7-6-20-16-27(32-12-13-33-27)10-8-21(20)25(22)17(2)15-26(23,28)4/h6,19,21-23,25,31H,2-3,5,7-16H2,1,4H3,(H,29,30)/t19-,21+,22+,23+,25-,26+,28-/m1/s1. The van der Waals surface area contributed by atoms with E-state index in [2.05, 4.69) is 26.2 Å². The Morgan fingerprint density at radius 1 is 1.24 bits per heavy atom. The van der Waals surface area contributed by atoms with Gasteiger partial charge in [0.1, 0.15) is 0 Å². The van der Waals surface area contributed by atoms with E-state index < -0.39 is 17.4 Å². The van der Waals surface area contributed by atoms with Gasteiger partial charge < -0.3 is 19.7 Å². The van der Waals surface area contributed by atoms with Gasteiger partial charge in [0, 0.05) is 18.3 Å². The monoisotopic (exact) mass is 456 g/mol. The van der Waals surface area contributed by atoms with Crippen LogP contribution >= 0.6 is 0 Å². The SMILES string of the molecule is C=C1C[C@@]2(C)[C@@H](CC[C@@]2(O)C(=C)[C@H](CC)CC(=O)O)[C@@H]2CC=C3CC4(CC[C@@H]3[C@@H]12)OCCO4. The molecule has 0 aromatic carbocycles. The van der Waals surface area contributed by atoms with Gasteiger partial charge in [-0.15, -0.1) is 0 Å². The second kappa shape index (κ2) is 8.07. The van der Waals surface area contributed by atoms with Gasteiger partial charge in [0.25, 0.3) is 0 Å². The van der Waals surface area contributed by atoms with Gasteiger partial charge in [0.2, 0.25) is 0 Å². The average molecular weight is 457 g/mol. The predicted octanol–water partition coefficient (Wildman–Crippen LogP) is 5.26. The summed E-state index contributed by atoms with van der Waals surface area (Å²) in [6.07, 6.45) is 9.51. The van der Waals surface area contributed by atoms with Gasteiger partial charge in [-0.1, -0.05) is 44.2 Å². The Kier molecular flexibility index (Phi) is 5.70. The van der Waals surface area contributed by atoms with Crippen molar-refractivity contribution in [3.05, 3.63) is 36.0 Å². The number of carboxylic acids is 1. The first kappa shape index (κ1) is 23.3. The number of rotatable bonds is 5. The number of hydrogen-bond acceptors (Lipinski definition) is 4. The van der Waals surface area contributed by atoms with Crippen LogP contribution in [0.5, 0.6) is 0 Å². The summed E-state index contributed by atoms with van der Waals surface area (Å²) in [7, 11) is 0. The molecule has 5 heteroatoms. The summed E-state index contributed by atoms with van der Waals surface area (Å²) in [5, 5.41) is 21.5. The molecule has 1 heterocycles. The number of carboxylic acid groups (broad SMARTS) is 1. The minimum Gasteiger partial charge on any atom is -0.481 e. The lowest BCUT2D eigenvalue weighted by Gasteiger charge is -2.57. The van der Waals surface area contributed by atoms with Crippen LogP contribution in [0.25, 0.3) is 0 Å². The van der Waals surface area contributed by atoms with Gasteiger partial charge in [-0.3, -0.25) is 4.79 Å².